The molecule has 0 N–H and O–H groups in total. The third-order valence-corrected chi connectivity index (χ3v) is 5.24. The molecule has 132 valence electrons. The van der Waals surface area contributed by atoms with Crippen molar-refractivity contribution in [3.8, 4) is 20.9 Å². The van der Waals surface area contributed by atoms with E-state index in [9.17, 15) is 17.6 Å². The van der Waals surface area contributed by atoms with Gasteiger partial charge in [-0.3, -0.25) is 0 Å². The zero-order valence-electron chi connectivity index (χ0n) is 13.3. The maximum absolute atomic E-state index is 13.2. The van der Waals surface area contributed by atoms with E-state index in [1.807, 2.05) is 0 Å². The van der Waals surface area contributed by atoms with E-state index in [1.165, 1.54) is 59.1 Å². The van der Waals surface area contributed by atoms with Crippen LogP contribution in [0.5, 0.6) is 0 Å². The molecular formula is C20H12F4S2. The molecule has 0 fully saturated rings. The number of hydrogen-bond acceptors (Lipinski definition) is 2. The summed E-state index contributed by atoms with van der Waals surface area (Å²) in [5, 5.41) is 3.59. The van der Waals surface area contributed by atoms with Gasteiger partial charge in [-0.05, 0) is 47.2 Å². The van der Waals surface area contributed by atoms with Crippen LogP contribution in [0.1, 0.15) is 0 Å². The van der Waals surface area contributed by atoms with Gasteiger partial charge in [0.25, 0.3) is 0 Å². The Balaban J connectivity index is 0.000000151. The van der Waals surface area contributed by atoms with Crippen molar-refractivity contribution in [2.75, 3.05) is 0 Å². The quantitative estimate of drug-likeness (QED) is 0.312. The number of halogens is 4. The topological polar surface area (TPSA) is 0 Å². The summed E-state index contributed by atoms with van der Waals surface area (Å²) in [6.45, 7) is 0. The summed E-state index contributed by atoms with van der Waals surface area (Å²) in [6.07, 6.45) is 0. The predicted molar refractivity (Wildman–Crippen MR) is 99.3 cm³/mol. The van der Waals surface area contributed by atoms with Crippen molar-refractivity contribution >= 4 is 22.7 Å². The average molecular weight is 392 g/mol. The highest BCUT2D eigenvalue weighted by molar-refractivity contribution is 7.13. The van der Waals surface area contributed by atoms with E-state index >= 15 is 0 Å². The van der Waals surface area contributed by atoms with Crippen LogP contribution in [0, 0.1) is 23.3 Å². The van der Waals surface area contributed by atoms with Crippen molar-refractivity contribution < 1.29 is 17.6 Å². The molecular weight excluding hydrogens is 380 g/mol. The molecule has 0 aliphatic rings. The van der Waals surface area contributed by atoms with Gasteiger partial charge in [-0.25, -0.2) is 17.6 Å². The van der Waals surface area contributed by atoms with Crippen molar-refractivity contribution in [3.63, 3.8) is 0 Å². The predicted octanol–water partition coefficient (Wildman–Crippen LogP) is 7.39. The molecule has 2 heterocycles. The van der Waals surface area contributed by atoms with E-state index in [1.54, 1.807) is 35.0 Å². The fourth-order valence-electron chi connectivity index (χ4n) is 2.31. The fraction of sp³-hybridized carbons (Fsp3) is 0. The van der Waals surface area contributed by atoms with Gasteiger partial charge in [0, 0.05) is 9.75 Å². The third-order valence-electron chi connectivity index (χ3n) is 3.46. The van der Waals surface area contributed by atoms with Crippen LogP contribution in [0.3, 0.4) is 0 Å². The van der Waals surface area contributed by atoms with Crippen LogP contribution < -0.4 is 0 Å². The minimum absolute atomic E-state index is 0.0671. The number of thiophene rings is 2. The van der Waals surface area contributed by atoms with Crippen LogP contribution in [-0.4, -0.2) is 0 Å². The SMILES string of the molecule is Fc1cccc(F)c1-c1cccs1.Fc1cccc(F)c1-c1cccs1. The van der Waals surface area contributed by atoms with Gasteiger partial charge in [-0.2, -0.15) is 0 Å². The minimum atomic E-state index is -0.512. The molecule has 2 aromatic heterocycles. The second-order valence-corrected chi connectivity index (χ2v) is 7.04. The van der Waals surface area contributed by atoms with E-state index in [-0.39, 0.29) is 11.1 Å². The molecule has 0 bridgehead atoms. The lowest BCUT2D eigenvalue weighted by Crippen LogP contribution is -1.86. The molecule has 0 spiro atoms. The normalized spacial score (nSPS) is 10.3. The van der Waals surface area contributed by atoms with E-state index in [0.29, 0.717) is 9.75 Å². The van der Waals surface area contributed by atoms with Crippen LogP contribution in [0.25, 0.3) is 20.9 Å². The summed E-state index contributed by atoms with van der Waals surface area (Å²) in [7, 11) is 0. The van der Waals surface area contributed by atoms with Gasteiger partial charge in [0.1, 0.15) is 23.3 Å². The van der Waals surface area contributed by atoms with Crippen molar-refractivity contribution in [2.24, 2.45) is 0 Å². The van der Waals surface area contributed by atoms with Gasteiger partial charge in [-0.1, -0.05) is 24.3 Å². The van der Waals surface area contributed by atoms with Gasteiger partial charge in [-0.15, -0.1) is 22.7 Å². The first kappa shape index (κ1) is 18.4. The second-order valence-electron chi connectivity index (χ2n) is 5.15. The van der Waals surface area contributed by atoms with Crippen LogP contribution in [0.4, 0.5) is 17.6 Å². The lowest BCUT2D eigenvalue weighted by molar-refractivity contribution is 0.589. The molecule has 0 aliphatic carbocycles. The summed E-state index contributed by atoms with van der Waals surface area (Å²) in [5.74, 6) is -2.05. The molecule has 0 atom stereocenters. The van der Waals surface area contributed by atoms with E-state index in [2.05, 4.69) is 0 Å². The molecule has 4 aromatic rings. The Morgan fingerprint density at radius 3 is 1.08 bits per heavy atom. The first-order valence-corrected chi connectivity index (χ1v) is 9.29. The molecule has 0 radical (unpaired) electrons. The number of hydrogen-bond donors (Lipinski definition) is 0. The highest BCUT2D eigenvalue weighted by Gasteiger charge is 2.11. The van der Waals surface area contributed by atoms with Gasteiger partial charge >= 0.3 is 0 Å². The Labute approximate surface area is 156 Å². The summed E-state index contributed by atoms with van der Waals surface area (Å²) in [5.41, 5.74) is 0.134. The Hall–Kier alpha value is -2.44. The zero-order chi connectivity index (χ0) is 18.5. The van der Waals surface area contributed by atoms with Gasteiger partial charge in [0.05, 0.1) is 11.1 Å². The molecule has 0 unspecified atom stereocenters. The largest absolute Gasteiger partial charge is 0.206 e. The van der Waals surface area contributed by atoms with Crippen LogP contribution >= 0.6 is 22.7 Å². The number of benzene rings is 2. The van der Waals surface area contributed by atoms with Gasteiger partial charge < -0.3 is 0 Å². The summed E-state index contributed by atoms with van der Waals surface area (Å²) >= 11 is 2.65. The summed E-state index contributed by atoms with van der Waals surface area (Å²) in [6, 6.07) is 14.7. The van der Waals surface area contributed by atoms with Gasteiger partial charge in [0.15, 0.2) is 0 Å². The van der Waals surface area contributed by atoms with Crippen LogP contribution in [-0.2, 0) is 0 Å². The fourth-order valence-corrected chi connectivity index (χ4v) is 3.86. The van der Waals surface area contributed by atoms with E-state index in [0.717, 1.165) is 0 Å². The molecule has 0 aliphatic heterocycles. The Kier molecular flexibility index (Phi) is 5.85. The van der Waals surface area contributed by atoms with E-state index < -0.39 is 23.3 Å². The lowest BCUT2D eigenvalue weighted by Gasteiger charge is -2.00. The average Bonchev–Trinajstić information content (AvgIpc) is 3.29. The smallest absolute Gasteiger partial charge is 0.134 e. The second kappa shape index (κ2) is 8.29. The highest BCUT2D eigenvalue weighted by Crippen LogP contribution is 2.30. The maximum Gasteiger partial charge on any atom is 0.134 e. The van der Waals surface area contributed by atoms with Crippen LogP contribution in [0.15, 0.2) is 71.4 Å². The molecule has 2 aromatic carbocycles. The third kappa shape index (κ3) is 4.03. The highest BCUT2D eigenvalue weighted by atomic mass is 32.1. The zero-order valence-corrected chi connectivity index (χ0v) is 14.9. The van der Waals surface area contributed by atoms with E-state index in [4.69, 9.17) is 0 Å². The molecule has 6 heteroatoms. The van der Waals surface area contributed by atoms with Crippen molar-refractivity contribution in [2.45, 2.75) is 0 Å². The minimum Gasteiger partial charge on any atom is -0.206 e. The standard InChI is InChI=1S/2C10H6F2S/c2*11-7-3-1-4-8(12)10(7)9-5-2-6-13-9/h2*1-6H. The monoisotopic (exact) mass is 392 g/mol. The molecule has 4 rings (SSSR count). The molecule has 0 saturated heterocycles. The summed E-state index contributed by atoms with van der Waals surface area (Å²) < 4.78 is 52.7. The lowest BCUT2D eigenvalue weighted by atomic mass is 10.1. The Bertz CT molecular complexity index is 855. The van der Waals surface area contributed by atoms with Crippen molar-refractivity contribution in [1.82, 2.24) is 0 Å². The first-order valence-electron chi connectivity index (χ1n) is 7.53. The molecule has 0 amide bonds. The maximum atomic E-state index is 13.2. The number of rotatable bonds is 2. The molecule has 0 nitrogen and oxygen atoms in total. The van der Waals surface area contributed by atoms with Gasteiger partial charge in [0.2, 0.25) is 0 Å². The van der Waals surface area contributed by atoms with Crippen molar-refractivity contribution in [1.29, 1.82) is 0 Å². The molecule has 0 saturated carbocycles. The summed E-state index contributed by atoms with van der Waals surface area (Å²) in [4.78, 5) is 1.24. The van der Waals surface area contributed by atoms with Crippen LogP contribution in [0.2, 0.25) is 0 Å². The Morgan fingerprint density at radius 2 is 0.808 bits per heavy atom. The van der Waals surface area contributed by atoms with Crippen molar-refractivity contribution in [3.05, 3.63) is 94.7 Å². The molecule has 26 heavy (non-hydrogen) atoms. The Morgan fingerprint density at radius 1 is 0.462 bits per heavy atom. The first-order chi connectivity index (χ1) is 12.6.